The lowest BCUT2D eigenvalue weighted by Gasteiger charge is -2.09. The number of nitrogens with one attached hydrogen (secondary N) is 2. The molecule has 0 radical (unpaired) electrons. The topological polar surface area (TPSA) is 61.9 Å². The van der Waals surface area contributed by atoms with Gasteiger partial charge in [0.2, 0.25) is 0 Å². The summed E-state index contributed by atoms with van der Waals surface area (Å²) in [6, 6.07) is 4.76. The quantitative estimate of drug-likeness (QED) is 0.505. The molecule has 0 atom stereocenters. The van der Waals surface area contributed by atoms with Crippen LogP contribution in [0.5, 0.6) is 0 Å². The van der Waals surface area contributed by atoms with E-state index in [1.54, 1.807) is 6.07 Å². The van der Waals surface area contributed by atoms with Crippen LogP contribution < -0.4 is 11.1 Å². The molecule has 1 aromatic carbocycles. The van der Waals surface area contributed by atoms with Crippen molar-refractivity contribution in [2.45, 2.75) is 18.9 Å². The minimum Gasteiger partial charge on any atom is -0.384 e. The third-order valence-corrected chi connectivity index (χ3v) is 2.21. The van der Waals surface area contributed by atoms with Crippen molar-refractivity contribution >= 4 is 11.5 Å². The molecular formula is C10H12FN3. The van der Waals surface area contributed by atoms with Gasteiger partial charge in [0.15, 0.2) is 0 Å². The molecule has 1 aliphatic carbocycles. The van der Waals surface area contributed by atoms with E-state index in [0.717, 1.165) is 18.5 Å². The maximum absolute atomic E-state index is 12.9. The predicted molar refractivity (Wildman–Crippen MR) is 54.1 cm³/mol. The number of hydrogen-bond donors (Lipinski definition) is 3. The molecule has 1 aromatic rings. The molecule has 1 fully saturated rings. The Bertz CT molecular complexity index is 372. The summed E-state index contributed by atoms with van der Waals surface area (Å²) in [4.78, 5) is 0. The number of benzene rings is 1. The van der Waals surface area contributed by atoms with E-state index in [2.05, 4.69) is 5.32 Å². The molecule has 0 heterocycles. The molecule has 1 saturated carbocycles. The summed E-state index contributed by atoms with van der Waals surface area (Å²) >= 11 is 0. The second-order valence-corrected chi connectivity index (χ2v) is 3.52. The van der Waals surface area contributed by atoms with E-state index in [0.29, 0.717) is 11.6 Å². The van der Waals surface area contributed by atoms with Crippen LogP contribution in [0.15, 0.2) is 18.2 Å². The molecule has 0 aliphatic heterocycles. The summed E-state index contributed by atoms with van der Waals surface area (Å²) < 4.78 is 12.9. The molecule has 0 aromatic heterocycles. The van der Waals surface area contributed by atoms with Crippen molar-refractivity contribution in [3.8, 4) is 0 Å². The molecular weight excluding hydrogens is 181 g/mol. The fourth-order valence-electron chi connectivity index (χ4n) is 1.31. The van der Waals surface area contributed by atoms with Crippen LogP contribution in [0, 0.1) is 11.2 Å². The smallest absolute Gasteiger partial charge is 0.124 e. The van der Waals surface area contributed by atoms with Crippen molar-refractivity contribution in [2.24, 2.45) is 5.73 Å². The maximum atomic E-state index is 12.9. The van der Waals surface area contributed by atoms with Crippen LogP contribution in [0.4, 0.5) is 10.1 Å². The summed E-state index contributed by atoms with van der Waals surface area (Å²) in [5.74, 6) is -0.468. The SMILES string of the molecule is N=C(N)c1cc(F)ccc1NC1CC1. The zero-order valence-electron chi connectivity index (χ0n) is 7.68. The number of hydrogen-bond acceptors (Lipinski definition) is 2. The Morgan fingerprint density at radius 3 is 2.79 bits per heavy atom. The number of rotatable bonds is 3. The van der Waals surface area contributed by atoms with Crippen LogP contribution in [0.2, 0.25) is 0 Å². The number of nitrogens with two attached hydrogens (primary N) is 1. The van der Waals surface area contributed by atoms with Gasteiger partial charge in [-0.25, -0.2) is 4.39 Å². The van der Waals surface area contributed by atoms with Crippen LogP contribution in [-0.2, 0) is 0 Å². The third kappa shape index (κ3) is 1.84. The summed E-state index contributed by atoms with van der Waals surface area (Å²) in [6.45, 7) is 0. The van der Waals surface area contributed by atoms with Crippen LogP contribution in [0.3, 0.4) is 0 Å². The average molecular weight is 193 g/mol. The third-order valence-electron chi connectivity index (χ3n) is 2.21. The highest BCUT2D eigenvalue weighted by Crippen LogP contribution is 2.26. The number of anilines is 1. The number of amidine groups is 1. The Labute approximate surface area is 81.6 Å². The van der Waals surface area contributed by atoms with E-state index < -0.39 is 0 Å². The van der Waals surface area contributed by atoms with E-state index in [4.69, 9.17) is 11.1 Å². The van der Waals surface area contributed by atoms with Gasteiger partial charge in [0.05, 0.1) is 0 Å². The standard InChI is InChI=1S/C10H12FN3/c11-6-1-4-9(14-7-2-3-7)8(5-6)10(12)13/h1,4-5,7,14H,2-3H2,(H3,12,13). The highest BCUT2D eigenvalue weighted by molar-refractivity contribution is 6.00. The van der Waals surface area contributed by atoms with Gasteiger partial charge in [-0.05, 0) is 31.0 Å². The van der Waals surface area contributed by atoms with Crippen LogP contribution in [-0.4, -0.2) is 11.9 Å². The first-order valence-electron chi connectivity index (χ1n) is 4.57. The van der Waals surface area contributed by atoms with E-state index in [-0.39, 0.29) is 11.7 Å². The van der Waals surface area contributed by atoms with Gasteiger partial charge in [0.1, 0.15) is 11.7 Å². The Morgan fingerprint density at radius 1 is 1.50 bits per heavy atom. The highest BCUT2D eigenvalue weighted by atomic mass is 19.1. The van der Waals surface area contributed by atoms with Crippen molar-refractivity contribution in [3.05, 3.63) is 29.6 Å². The Balaban J connectivity index is 2.31. The average Bonchev–Trinajstić information content (AvgIpc) is 2.91. The van der Waals surface area contributed by atoms with Gasteiger partial charge in [-0.1, -0.05) is 0 Å². The Hall–Kier alpha value is -1.58. The molecule has 74 valence electrons. The van der Waals surface area contributed by atoms with Crippen molar-refractivity contribution in [1.29, 1.82) is 5.41 Å². The predicted octanol–water partition coefficient (Wildman–Crippen LogP) is 1.68. The van der Waals surface area contributed by atoms with Gasteiger partial charge >= 0.3 is 0 Å². The van der Waals surface area contributed by atoms with Crippen molar-refractivity contribution in [3.63, 3.8) is 0 Å². The molecule has 14 heavy (non-hydrogen) atoms. The molecule has 2 rings (SSSR count). The Kier molecular flexibility index (Phi) is 2.11. The Morgan fingerprint density at radius 2 is 2.21 bits per heavy atom. The number of nitrogen functional groups attached to an aromatic ring is 1. The summed E-state index contributed by atoms with van der Waals surface area (Å²) in [5.41, 5.74) is 6.55. The molecule has 3 nitrogen and oxygen atoms in total. The second-order valence-electron chi connectivity index (χ2n) is 3.52. The molecule has 1 aliphatic rings. The van der Waals surface area contributed by atoms with Crippen molar-refractivity contribution in [1.82, 2.24) is 0 Å². The summed E-state index contributed by atoms with van der Waals surface area (Å²) in [6.07, 6.45) is 2.27. The molecule has 4 heteroatoms. The van der Waals surface area contributed by atoms with Crippen LogP contribution in [0.25, 0.3) is 0 Å². The van der Waals surface area contributed by atoms with Crippen molar-refractivity contribution < 1.29 is 4.39 Å². The van der Waals surface area contributed by atoms with E-state index in [9.17, 15) is 4.39 Å². The fraction of sp³-hybridized carbons (Fsp3) is 0.300. The first-order valence-corrected chi connectivity index (χ1v) is 4.57. The summed E-state index contributed by atoms with van der Waals surface area (Å²) in [5, 5.41) is 10.5. The second kappa shape index (κ2) is 3.29. The molecule has 0 spiro atoms. The first kappa shape index (κ1) is 8.99. The van der Waals surface area contributed by atoms with Gasteiger partial charge < -0.3 is 11.1 Å². The van der Waals surface area contributed by atoms with E-state index >= 15 is 0 Å². The van der Waals surface area contributed by atoms with Gasteiger partial charge in [0.25, 0.3) is 0 Å². The lowest BCUT2D eigenvalue weighted by molar-refractivity contribution is 0.627. The first-order chi connectivity index (χ1) is 6.66. The van der Waals surface area contributed by atoms with Crippen LogP contribution >= 0.6 is 0 Å². The summed E-state index contributed by atoms with van der Waals surface area (Å²) in [7, 11) is 0. The molecule has 0 saturated heterocycles. The number of halogens is 1. The highest BCUT2D eigenvalue weighted by Gasteiger charge is 2.22. The van der Waals surface area contributed by atoms with Gasteiger partial charge in [-0.15, -0.1) is 0 Å². The monoisotopic (exact) mass is 193 g/mol. The lowest BCUT2D eigenvalue weighted by Crippen LogP contribution is -2.15. The largest absolute Gasteiger partial charge is 0.384 e. The minimum absolute atomic E-state index is 0.104. The lowest BCUT2D eigenvalue weighted by atomic mass is 10.1. The van der Waals surface area contributed by atoms with E-state index in [1.165, 1.54) is 12.1 Å². The normalized spacial score (nSPS) is 15.2. The zero-order chi connectivity index (χ0) is 10.1. The van der Waals surface area contributed by atoms with Gasteiger partial charge in [0, 0.05) is 17.3 Å². The molecule has 4 N–H and O–H groups in total. The molecule has 0 amide bonds. The van der Waals surface area contributed by atoms with Gasteiger partial charge in [-0.3, -0.25) is 5.41 Å². The maximum Gasteiger partial charge on any atom is 0.124 e. The molecule has 0 bridgehead atoms. The zero-order valence-corrected chi connectivity index (χ0v) is 7.68. The minimum atomic E-state index is -0.364. The van der Waals surface area contributed by atoms with E-state index in [1.807, 2.05) is 0 Å². The van der Waals surface area contributed by atoms with Crippen molar-refractivity contribution in [2.75, 3.05) is 5.32 Å². The fourth-order valence-corrected chi connectivity index (χ4v) is 1.31. The van der Waals surface area contributed by atoms with Gasteiger partial charge in [-0.2, -0.15) is 0 Å². The van der Waals surface area contributed by atoms with Crippen LogP contribution in [0.1, 0.15) is 18.4 Å². The molecule has 0 unspecified atom stereocenters.